The van der Waals surface area contributed by atoms with Gasteiger partial charge in [0, 0.05) is 13.1 Å². The number of amides is 2. The van der Waals surface area contributed by atoms with Gasteiger partial charge in [-0.3, -0.25) is 4.79 Å². The molecular formula is C16H30N2O3. The van der Waals surface area contributed by atoms with Crippen molar-refractivity contribution in [2.24, 2.45) is 16.7 Å². The number of carbonyl (C=O) groups excluding carboxylic acids is 1. The predicted molar refractivity (Wildman–Crippen MR) is 83.2 cm³/mol. The van der Waals surface area contributed by atoms with Gasteiger partial charge < -0.3 is 15.7 Å². The molecule has 0 bridgehead atoms. The summed E-state index contributed by atoms with van der Waals surface area (Å²) >= 11 is 0. The Balaban J connectivity index is 2.42. The Bertz CT molecular complexity index is 368. The molecule has 0 aromatic rings. The Kier molecular flexibility index (Phi) is 6.05. The van der Waals surface area contributed by atoms with Gasteiger partial charge in [-0.15, -0.1) is 0 Å². The second-order valence-corrected chi connectivity index (χ2v) is 7.48. The molecule has 5 heteroatoms. The number of urea groups is 1. The number of rotatable bonds is 5. The number of aliphatic carboxylic acids is 1. The number of carboxylic acid groups (broad SMARTS) is 1. The first-order valence-electron chi connectivity index (χ1n) is 7.92. The summed E-state index contributed by atoms with van der Waals surface area (Å²) in [5.74, 6) is -0.433. The molecule has 122 valence electrons. The number of hydrogen-bond donors (Lipinski definition) is 3. The summed E-state index contributed by atoms with van der Waals surface area (Å²) in [7, 11) is 0. The second kappa shape index (κ2) is 7.14. The van der Waals surface area contributed by atoms with Crippen LogP contribution in [0, 0.1) is 16.7 Å². The van der Waals surface area contributed by atoms with Gasteiger partial charge in [0.05, 0.1) is 5.41 Å². The fourth-order valence-electron chi connectivity index (χ4n) is 2.56. The third kappa shape index (κ3) is 5.21. The number of hydrogen-bond acceptors (Lipinski definition) is 2. The molecular weight excluding hydrogens is 268 g/mol. The third-order valence-electron chi connectivity index (χ3n) is 4.90. The molecule has 0 saturated heterocycles. The van der Waals surface area contributed by atoms with Gasteiger partial charge in [0.15, 0.2) is 0 Å². The molecule has 1 unspecified atom stereocenters. The molecule has 2 amide bonds. The molecule has 0 heterocycles. The molecule has 1 aliphatic carbocycles. The standard InChI is InChI=1S/C16H30N2O3/c1-12(15(2,3)4)10-17-14(21)18-11-16(13(19)20)8-6-5-7-9-16/h12H,5-11H2,1-4H3,(H,19,20)(H2,17,18,21). The zero-order valence-corrected chi connectivity index (χ0v) is 13.8. The lowest BCUT2D eigenvalue weighted by Gasteiger charge is -2.33. The van der Waals surface area contributed by atoms with Crippen molar-refractivity contribution in [3.05, 3.63) is 0 Å². The first-order chi connectivity index (χ1) is 9.67. The molecule has 0 spiro atoms. The van der Waals surface area contributed by atoms with Crippen LogP contribution in [0.25, 0.3) is 0 Å². The van der Waals surface area contributed by atoms with Gasteiger partial charge in [0.2, 0.25) is 0 Å². The van der Waals surface area contributed by atoms with Crippen LogP contribution in [0.3, 0.4) is 0 Å². The summed E-state index contributed by atoms with van der Waals surface area (Å²) in [6.45, 7) is 9.32. The van der Waals surface area contributed by atoms with Gasteiger partial charge in [-0.2, -0.15) is 0 Å². The quantitative estimate of drug-likeness (QED) is 0.730. The smallest absolute Gasteiger partial charge is 0.314 e. The lowest BCUT2D eigenvalue weighted by molar-refractivity contribution is -0.150. The normalized spacial score (nSPS) is 19.6. The van der Waals surface area contributed by atoms with Crippen molar-refractivity contribution in [1.29, 1.82) is 0 Å². The van der Waals surface area contributed by atoms with Crippen LogP contribution >= 0.6 is 0 Å². The summed E-state index contributed by atoms with van der Waals surface area (Å²) in [4.78, 5) is 23.4. The molecule has 0 aromatic heterocycles. The molecule has 1 fully saturated rings. The summed E-state index contributed by atoms with van der Waals surface area (Å²) in [6.07, 6.45) is 4.25. The zero-order chi connectivity index (χ0) is 16.1. The summed E-state index contributed by atoms with van der Waals surface area (Å²) in [6, 6.07) is -0.266. The minimum Gasteiger partial charge on any atom is -0.481 e. The maximum absolute atomic E-state index is 11.9. The van der Waals surface area contributed by atoms with Crippen LogP contribution in [-0.4, -0.2) is 30.2 Å². The van der Waals surface area contributed by atoms with E-state index < -0.39 is 11.4 Å². The molecule has 1 rings (SSSR count). The van der Waals surface area contributed by atoms with E-state index >= 15 is 0 Å². The molecule has 1 aliphatic rings. The SMILES string of the molecule is CC(CNC(=O)NCC1(C(=O)O)CCCCC1)C(C)(C)C. The Morgan fingerprint density at radius 2 is 1.71 bits per heavy atom. The fraction of sp³-hybridized carbons (Fsp3) is 0.875. The zero-order valence-electron chi connectivity index (χ0n) is 13.8. The molecule has 1 saturated carbocycles. The van der Waals surface area contributed by atoms with Gasteiger partial charge in [0.1, 0.15) is 0 Å². The minimum absolute atomic E-state index is 0.138. The highest BCUT2D eigenvalue weighted by Crippen LogP contribution is 2.36. The summed E-state index contributed by atoms with van der Waals surface area (Å²) < 4.78 is 0. The molecule has 3 N–H and O–H groups in total. The van der Waals surface area contributed by atoms with Gasteiger partial charge in [0.25, 0.3) is 0 Å². The van der Waals surface area contributed by atoms with E-state index in [1.165, 1.54) is 0 Å². The van der Waals surface area contributed by atoms with Crippen molar-refractivity contribution in [2.45, 2.75) is 59.8 Å². The topological polar surface area (TPSA) is 78.4 Å². The Morgan fingerprint density at radius 3 is 2.19 bits per heavy atom. The minimum atomic E-state index is -0.787. The van der Waals surface area contributed by atoms with Crippen molar-refractivity contribution in [1.82, 2.24) is 10.6 Å². The van der Waals surface area contributed by atoms with E-state index in [1.54, 1.807) is 0 Å². The molecule has 0 radical (unpaired) electrons. The fourth-order valence-corrected chi connectivity index (χ4v) is 2.56. The Labute approximate surface area is 127 Å². The van der Waals surface area contributed by atoms with E-state index in [9.17, 15) is 14.7 Å². The Morgan fingerprint density at radius 1 is 1.14 bits per heavy atom. The van der Waals surface area contributed by atoms with Crippen LogP contribution in [0.2, 0.25) is 0 Å². The van der Waals surface area contributed by atoms with Gasteiger partial charge >= 0.3 is 12.0 Å². The lowest BCUT2D eigenvalue weighted by atomic mass is 9.74. The van der Waals surface area contributed by atoms with E-state index in [1.807, 2.05) is 0 Å². The van der Waals surface area contributed by atoms with Crippen LogP contribution in [-0.2, 0) is 4.79 Å². The van der Waals surface area contributed by atoms with E-state index in [4.69, 9.17) is 0 Å². The van der Waals surface area contributed by atoms with Crippen LogP contribution in [0.15, 0.2) is 0 Å². The summed E-state index contributed by atoms with van der Waals surface area (Å²) in [5.41, 5.74) is -0.635. The second-order valence-electron chi connectivity index (χ2n) is 7.48. The third-order valence-corrected chi connectivity index (χ3v) is 4.90. The first-order valence-corrected chi connectivity index (χ1v) is 7.92. The molecule has 0 aliphatic heterocycles. The summed E-state index contributed by atoms with van der Waals surface area (Å²) in [5, 5.41) is 15.0. The van der Waals surface area contributed by atoms with E-state index in [0.29, 0.717) is 25.3 Å². The number of carboxylic acids is 1. The van der Waals surface area contributed by atoms with E-state index in [-0.39, 0.29) is 18.0 Å². The van der Waals surface area contributed by atoms with Crippen LogP contribution in [0.1, 0.15) is 59.8 Å². The van der Waals surface area contributed by atoms with E-state index in [0.717, 1.165) is 19.3 Å². The van der Waals surface area contributed by atoms with E-state index in [2.05, 4.69) is 38.3 Å². The van der Waals surface area contributed by atoms with Crippen molar-refractivity contribution in [3.8, 4) is 0 Å². The molecule has 5 nitrogen and oxygen atoms in total. The first kappa shape index (κ1) is 17.8. The van der Waals surface area contributed by atoms with Gasteiger partial charge in [-0.05, 0) is 24.2 Å². The lowest BCUT2D eigenvalue weighted by Crippen LogP contribution is -2.48. The van der Waals surface area contributed by atoms with Crippen LogP contribution in [0.5, 0.6) is 0 Å². The van der Waals surface area contributed by atoms with Gasteiger partial charge in [-0.25, -0.2) is 4.79 Å². The average molecular weight is 298 g/mol. The number of nitrogens with one attached hydrogen (secondary N) is 2. The molecule has 1 atom stereocenters. The Hall–Kier alpha value is -1.26. The molecule has 21 heavy (non-hydrogen) atoms. The van der Waals surface area contributed by atoms with Crippen LogP contribution in [0.4, 0.5) is 4.79 Å². The highest BCUT2D eigenvalue weighted by atomic mass is 16.4. The largest absolute Gasteiger partial charge is 0.481 e. The predicted octanol–water partition coefficient (Wildman–Crippen LogP) is 3.00. The van der Waals surface area contributed by atoms with Crippen molar-refractivity contribution < 1.29 is 14.7 Å². The highest BCUT2D eigenvalue weighted by molar-refractivity contribution is 5.78. The van der Waals surface area contributed by atoms with Crippen molar-refractivity contribution in [2.75, 3.05) is 13.1 Å². The van der Waals surface area contributed by atoms with Gasteiger partial charge in [-0.1, -0.05) is 47.0 Å². The van der Waals surface area contributed by atoms with Crippen molar-refractivity contribution >= 4 is 12.0 Å². The van der Waals surface area contributed by atoms with Crippen LogP contribution < -0.4 is 10.6 Å². The average Bonchev–Trinajstić information content (AvgIpc) is 2.42. The monoisotopic (exact) mass is 298 g/mol. The maximum atomic E-state index is 11.9. The highest BCUT2D eigenvalue weighted by Gasteiger charge is 2.39. The maximum Gasteiger partial charge on any atom is 0.314 e. The molecule has 0 aromatic carbocycles. The number of carbonyl (C=O) groups is 2. The van der Waals surface area contributed by atoms with Crippen molar-refractivity contribution in [3.63, 3.8) is 0 Å².